The minimum absolute atomic E-state index is 0.355. The van der Waals surface area contributed by atoms with Crippen molar-refractivity contribution in [3.8, 4) is 0 Å². The van der Waals surface area contributed by atoms with Crippen molar-refractivity contribution < 1.29 is 14.3 Å². The molecule has 0 N–H and O–H groups in total. The number of allylic oxidation sites excluding steroid dienone is 5. The lowest BCUT2D eigenvalue weighted by atomic mass is 10.2. The Bertz CT molecular complexity index is 296. The topological polar surface area (TPSA) is 43.4 Å². The normalized spacial score (nSPS) is 13.1. The Kier molecular flexibility index (Phi) is 6.03. The zero-order valence-electron chi connectivity index (χ0n) is 8.61. The van der Waals surface area contributed by atoms with Crippen molar-refractivity contribution in [3.05, 3.63) is 35.5 Å². The molecule has 0 aromatic heterocycles. The molecule has 0 aliphatic rings. The van der Waals surface area contributed by atoms with Crippen LogP contribution in [0.15, 0.2) is 35.5 Å². The second-order valence-electron chi connectivity index (χ2n) is 2.75. The zero-order chi connectivity index (χ0) is 11.0. The monoisotopic (exact) mass is 194 g/mol. The van der Waals surface area contributed by atoms with E-state index in [9.17, 15) is 9.59 Å². The van der Waals surface area contributed by atoms with Gasteiger partial charge in [0.15, 0.2) is 0 Å². The number of esters is 1. The molecule has 0 bridgehead atoms. The Morgan fingerprint density at radius 3 is 2.36 bits per heavy atom. The van der Waals surface area contributed by atoms with Crippen molar-refractivity contribution in [1.82, 2.24) is 0 Å². The number of hydrogen-bond acceptors (Lipinski definition) is 3. The third kappa shape index (κ3) is 5.09. The molecule has 0 radical (unpaired) electrons. The molecule has 0 fully saturated rings. The summed E-state index contributed by atoms with van der Waals surface area (Å²) in [6.07, 6.45) is 7.23. The number of hydrogen-bond donors (Lipinski definition) is 0. The standard InChI is InChI=1S/C11H14O3/c1-9(7-8-12)5-4-6-10(2)11(13)14-3/h4-8H,1-3H3. The summed E-state index contributed by atoms with van der Waals surface area (Å²) in [6, 6.07) is 0. The number of ether oxygens (including phenoxy) is 1. The molecule has 3 nitrogen and oxygen atoms in total. The van der Waals surface area contributed by atoms with E-state index in [4.69, 9.17) is 0 Å². The van der Waals surface area contributed by atoms with Crippen molar-refractivity contribution in [2.75, 3.05) is 7.11 Å². The van der Waals surface area contributed by atoms with Gasteiger partial charge in [0.05, 0.1) is 7.11 Å². The first kappa shape index (κ1) is 12.4. The number of carbonyl (C=O) groups is 2. The molecule has 0 aliphatic carbocycles. The molecule has 3 heteroatoms. The minimum Gasteiger partial charge on any atom is -0.466 e. The molecular weight excluding hydrogens is 180 g/mol. The van der Waals surface area contributed by atoms with E-state index < -0.39 is 0 Å². The maximum Gasteiger partial charge on any atom is 0.333 e. The highest BCUT2D eigenvalue weighted by Gasteiger charge is 1.99. The summed E-state index contributed by atoms with van der Waals surface area (Å²) in [7, 11) is 1.33. The molecule has 0 atom stereocenters. The number of aldehydes is 1. The zero-order valence-corrected chi connectivity index (χ0v) is 8.61. The van der Waals surface area contributed by atoms with Gasteiger partial charge in [-0.05, 0) is 25.5 Å². The molecule has 0 heterocycles. The van der Waals surface area contributed by atoms with Gasteiger partial charge in [0, 0.05) is 5.57 Å². The first-order valence-corrected chi connectivity index (χ1v) is 4.17. The molecule has 0 spiro atoms. The van der Waals surface area contributed by atoms with E-state index in [0.29, 0.717) is 5.57 Å². The van der Waals surface area contributed by atoms with Crippen LogP contribution in [-0.2, 0) is 14.3 Å². The fourth-order valence-electron chi connectivity index (χ4n) is 0.736. The Hall–Kier alpha value is -1.64. The molecule has 14 heavy (non-hydrogen) atoms. The van der Waals surface area contributed by atoms with Crippen molar-refractivity contribution >= 4 is 12.3 Å². The van der Waals surface area contributed by atoms with Crippen LogP contribution in [0.5, 0.6) is 0 Å². The maximum absolute atomic E-state index is 10.9. The molecule has 0 unspecified atom stereocenters. The largest absolute Gasteiger partial charge is 0.466 e. The van der Waals surface area contributed by atoms with E-state index in [0.717, 1.165) is 11.9 Å². The quantitative estimate of drug-likeness (QED) is 0.296. The lowest BCUT2D eigenvalue weighted by Gasteiger charge is -1.95. The van der Waals surface area contributed by atoms with Crippen LogP contribution in [-0.4, -0.2) is 19.4 Å². The van der Waals surface area contributed by atoms with Gasteiger partial charge in [0.2, 0.25) is 0 Å². The predicted octanol–water partition coefficient (Wildman–Crippen LogP) is 1.81. The van der Waals surface area contributed by atoms with Crippen molar-refractivity contribution in [2.24, 2.45) is 0 Å². The van der Waals surface area contributed by atoms with E-state index in [1.807, 2.05) is 0 Å². The summed E-state index contributed by atoms with van der Waals surface area (Å²) in [5.41, 5.74) is 1.34. The van der Waals surface area contributed by atoms with E-state index in [1.165, 1.54) is 13.2 Å². The van der Waals surface area contributed by atoms with Crippen LogP contribution in [0.2, 0.25) is 0 Å². The van der Waals surface area contributed by atoms with Crippen LogP contribution >= 0.6 is 0 Å². The van der Waals surface area contributed by atoms with Gasteiger partial charge >= 0.3 is 5.97 Å². The second-order valence-corrected chi connectivity index (χ2v) is 2.75. The average molecular weight is 194 g/mol. The lowest BCUT2D eigenvalue weighted by molar-refractivity contribution is -0.136. The van der Waals surface area contributed by atoms with Gasteiger partial charge in [-0.25, -0.2) is 4.79 Å². The molecule has 0 rings (SSSR count). The molecule has 0 aliphatic heterocycles. The minimum atomic E-state index is -0.355. The van der Waals surface area contributed by atoms with Crippen LogP contribution in [0.3, 0.4) is 0 Å². The highest BCUT2D eigenvalue weighted by molar-refractivity contribution is 5.87. The van der Waals surface area contributed by atoms with Crippen LogP contribution in [0.25, 0.3) is 0 Å². The van der Waals surface area contributed by atoms with Gasteiger partial charge in [0.25, 0.3) is 0 Å². The predicted molar refractivity (Wildman–Crippen MR) is 54.7 cm³/mol. The van der Waals surface area contributed by atoms with Crippen LogP contribution in [0, 0.1) is 0 Å². The first-order chi connectivity index (χ1) is 6.61. The van der Waals surface area contributed by atoms with Crippen molar-refractivity contribution in [1.29, 1.82) is 0 Å². The smallest absolute Gasteiger partial charge is 0.333 e. The molecular formula is C11H14O3. The molecule has 0 saturated heterocycles. The summed E-state index contributed by atoms with van der Waals surface area (Å²) in [4.78, 5) is 21.0. The molecule has 0 amide bonds. The third-order valence-electron chi connectivity index (χ3n) is 1.54. The molecule has 76 valence electrons. The highest BCUT2D eigenvalue weighted by Crippen LogP contribution is 1.98. The van der Waals surface area contributed by atoms with Gasteiger partial charge in [-0.3, -0.25) is 4.79 Å². The van der Waals surface area contributed by atoms with Gasteiger partial charge in [-0.2, -0.15) is 0 Å². The maximum atomic E-state index is 10.9. The summed E-state index contributed by atoms with van der Waals surface area (Å²) >= 11 is 0. The fraction of sp³-hybridized carbons (Fsp3) is 0.273. The second kappa shape index (κ2) is 6.83. The van der Waals surface area contributed by atoms with Crippen LogP contribution in [0.1, 0.15) is 13.8 Å². The highest BCUT2D eigenvalue weighted by atomic mass is 16.5. The van der Waals surface area contributed by atoms with Gasteiger partial charge < -0.3 is 4.74 Å². The molecule has 0 saturated carbocycles. The first-order valence-electron chi connectivity index (χ1n) is 4.17. The van der Waals surface area contributed by atoms with Crippen molar-refractivity contribution in [2.45, 2.75) is 13.8 Å². The summed E-state index contributed by atoms with van der Waals surface area (Å²) in [5, 5.41) is 0. The number of methoxy groups -OCH3 is 1. The Labute approximate surface area is 83.8 Å². The van der Waals surface area contributed by atoms with E-state index in [2.05, 4.69) is 4.74 Å². The number of rotatable bonds is 4. The Balaban J connectivity index is 4.34. The molecule has 0 aromatic carbocycles. The van der Waals surface area contributed by atoms with Gasteiger partial charge in [0.1, 0.15) is 6.29 Å². The Morgan fingerprint density at radius 2 is 1.86 bits per heavy atom. The Morgan fingerprint density at radius 1 is 1.21 bits per heavy atom. The number of carbonyl (C=O) groups excluding carboxylic acids is 2. The van der Waals surface area contributed by atoms with E-state index in [-0.39, 0.29) is 5.97 Å². The lowest BCUT2D eigenvalue weighted by Crippen LogP contribution is -2.00. The summed E-state index contributed by atoms with van der Waals surface area (Å²) in [6.45, 7) is 3.46. The third-order valence-corrected chi connectivity index (χ3v) is 1.54. The summed E-state index contributed by atoms with van der Waals surface area (Å²) < 4.78 is 4.51. The van der Waals surface area contributed by atoms with Gasteiger partial charge in [-0.15, -0.1) is 0 Å². The fourth-order valence-corrected chi connectivity index (χ4v) is 0.736. The average Bonchev–Trinajstić information content (AvgIpc) is 2.16. The SMILES string of the molecule is COC(=O)C(C)=CC=CC(C)=CC=O. The molecule has 0 aromatic rings. The van der Waals surface area contributed by atoms with Crippen LogP contribution < -0.4 is 0 Å². The summed E-state index contributed by atoms with van der Waals surface area (Å²) in [5.74, 6) is -0.355. The van der Waals surface area contributed by atoms with E-state index >= 15 is 0 Å². The van der Waals surface area contributed by atoms with Gasteiger partial charge in [-0.1, -0.05) is 18.2 Å². The van der Waals surface area contributed by atoms with Crippen molar-refractivity contribution in [3.63, 3.8) is 0 Å². The van der Waals surface area contributed by atoms with Crippen LogP contribution in [0.4, 0.5) is 0 Å². The van der Waals surface area contributed by atoms with E-state index in [1.54, 1.807) is 32.1 Å².